The molecule has 1 aromatic carbocycles. The molecule has 2 aromatic rings. The number of methoxy groups -OCH3 is 1. The monoisotopic (exact) mass is 438 g/mol. The highest BCUT2D eigenvalue weighted by Crippen LogP contribution is 2.56. The van der Waals surface area contributed by atoms with Crippen LogP contribution in [-0.2, 0) is 14.3 Å². The molecule has 1 saturated carbocycles. The molecule has 1 aliphatic carbocycles. The Morgan fingerprint density at radius 1 is 1.25 bits per heavy atom. The van der Waals surface area contributed by atoms with Crippen LogP contribution in [0.1, 0.15) is 31.5 Å². The summed E-state index contributed by atoms with van der Waals surface area (Å²) in [4.78, 5) is 16.9. The van der Waals surface area contributed by atoms with Gasteiger partial charge in [0.05, 0.1) is 23.7 Å². The van der Waals surface area contributed by atoms with Crippen molar-refractivity contribution < 1.29 is 23.0 Å². The molecule has 1 saturated heterocycles. The van der Waals surface area contributed by atoms with E-state index in [9.17, 15) is 18.8 Å². The molecule has 0 spiro atoms. The number of ether oxygens (including phenoxy) is 2. The number of benzene rings is 1. The topological polar surface area (TPSA) is 72.2 Å². The van der Waals surface area contributed by atoms with Gasteiger partial charge >= 0.3 is 5.97 Å². The quantitative estimate of drug-likeness (QED) is 0.637. The SMILES string of the molecule is CO[C@@]12CC(F)(F)[C@@H](C)[C@H](C=Cc3ccc(-c4ccccc4C#N)cn3)[C@@H]1[C@@H](C)OC2=O. The fraction of sp³-hybridized carbons (Fsp3) is 0.400. The Morgan fingerprint density at radius 2 is 2.00 bits per heavy atom. The van der Waals surface area contributed by atoms with Gasteiger partial charge in [0.2, 0.25) is 0 Å². The molecule has 0 bridgehead atoms. The van der Waals surface area contributed by atoms with E-state index in [1.807, 2.05) is 18.2 Å². The Hall–Kier alpha value is -3.11. The van der Waals surface area contributed by atoms with Crippen LogP contribution in [0.4, 0.5) is 8.78 Å². The summed E-state index contributed by atoms with van der Waals surface area (Å²) < 4.78 is 40.5. The molecule has 0 unspecified atom stereocenters. The molecule has 0 amide bonds. The molecule has 1 aliphatic heterocycles. The van der Waals surface area contributed by atoms with Crippen molar-refractivity contribution in [1.29, 1.82) is 5.26 Å². The lowest BCUT2D eigenvalue weighted by Crippen LogP contribution is -2.58. The number of alkyl halides is 2. The third-order valence-electron chi connectivity index (χ3n) is 6.84. The molecule has 32 heavy (non-hydrogen) atoms. The zero-order valence-corrected chi connectivity index (χ0v) is 18.1. The number of pyridine rings is 1. The number of cyclic esters (lactones) is 1. The minimum atomic E-state index is -3.08. The Morgan fingerprint density at radius 3 is 2.66 bits per heavy atom. The number of allylic oxidation sites excluding steroid dienone is 1. The van der Waals surface area contributed by atoms with Gasteiger partial charge in [0.25, 0.3) is 5.92 Å². The highest BCUT2D eigenvalue weighted by Gasteiger charge is 2.68. The second-order valence-electron chi connectivity index (χ2n) is 8.52. The fourth-order valence-corrected chi connectivity index (χ4v) is 5.06. The summed E-state index contributed by atoms with van der Waals surface area (Å²) in [6.07, 6.45) is 3.83. The zero-order chi connectivity index (χ0) is 23.1. The third kappa shape index (κ3) is 3.49. The van der Waals surface area contributed by atoms with Crippen molar-refractivity contribution in [3.05, 3.63) is 59.9 Å². The van der Waals surface area contributed by atoms with Gasteiger partial charge in [-0.1, -0.05) is 37.3 Å². The number of esters is 1. The number of hydrogen-bond acceptors (Lipinski definition) is 5. The standard InChI is InChI=1S/C25H24F2N2O3/c1-15-20(22-16(2)32-23(30)24(22,31-3)14-25(15,26)27)11-10-19-9-8-18(13-29-19)21-7-5-4-6-17(21)12-28/h4-11,13,15-16,20,22H,14H2,1-3H3/t15-,16+,20-,22-,24-/m0/s1. The maximum Gasteiger partial charge on any atom is 0.339 e. The van der Waals surface area contributed by atoms with Crippen LogP contribution in [0.2, 0.25) is 0 Å². The van der Waals surface area contributed by atoms with Gasteiger partial charge in [-0.15, -0.1) is 0 Å². The maximum absolute atomic E-state index is 14.9. The van der Waals surface area contributed by atoms with Crippen molar-refractivity contribution in [1.82, 2.24) is 4.98 Å². The van der Waals surface area contributed by atoms with E-state index in [2.05, 4.69) is 11.1 Å². The molecule has 0 radical (unpaired) electrons. The zero-order valence-electron chi connectivity index (χ0n) is 18.1. The number of carbonyl (C=O) groups excluding carboxylic acids is 1. The number of hydrogen-bond donors (Lipinski definition) is 0. The molecule has 5 atom stereocenters. The second kappa shape index (κ2) is 8.10. The van der Waals surface area contributed by atoms with Crippen LogP contribution in [-0.4, -0.2) is 35.7 Å². The lowest BCUT2D eigenvalue weighted by molar-refractivity contribution is -0.201. The molecule has 5 nitrogen and oxygen atoms in total. The minimum absolute atomic E-state index is 0.521. The first kappa shape index (κ1) is 22.1. The molecule has 1 aromatic heterocycles. The first-order valence-electron chi connectivity index (χ1n) is 10.5. The molecular weight excluding hydrogens is 414 g/mol. The number of nitriles is 1. The number of carbonyl (C=O) groups is 1. The summed E-state index contributed by atoms with van der Waals surface area (Å²) in [5, 5.41) is 9.30. The van der Waals surface area contributed by atoms with E-state index < -0.39 is 47.8 Å². The smallest absolute Gasteiger partial charge is 0.339 e. The molecule has 2 heterocycles. The largest absolute Gasteiger partial charge is 0.460 e. The number of aromatic nitrogens is 1. The predicted molar refractivity (Wildman–Crippen MR) is 114 cm³/mol. The number of fused-ring (bicyclic) bond motifs is 1. The van der Waals surface area contributed by atoms with Crippen LogP contribution in [0.5, 0.6) is 0 Å². The van der Waals surface area contributed by atoms with E-state index in [0.29, 0.717) is 11.3 Å². The summed E-state index contributed by atoms with van der Waals surface area (Å²) in [6.45, 7) is 3.22. The summed E-state index contributed by atoms with van der Waals surface area (Å²) >= 11 is 0. The minimum Gasteiger partial charge on any atom is -0.460 e. The van der Waals surface area contributed by atoms with Gasteiger partial charge in [0.15, 0.2) is 5.60 Å². The Kier molecular flexibility index (Phi) is 5.59. The summed E-state index contributed by atoms with van der Waals surface area (Å²) in [5.74, 6) is -5.96. The van der Waals surface area contributed by atoms with E-state index in [-0.39, 0.29) is 0 Å². The first-order valence-corrected chi connectivity index (χ1v) is 10.5. The number of rotatable bonds is 4. The normalized spacial score (nSPS) is 31.2. The Bertz CT molecular complexity index is 1090. The molecule has 4 rings (SSSR count). The number of nitrogens with zero attached hydrogens (tertiary/aromatic N) is 2. The molecule has 0 N–H and O–H groups in total. The highest BCUT2D eigenvalue weighted by molar-refractivity contribution is 5.83. The Balaban J connectivity index is 1.64. The van der Waals surface area contributed by atoms with Crippen molar-refractivity contribution >= 4 is 12.0 Å². The van der Waals surface area contributed by atoms with E-state index in [0.717, 1.165) is 11.1 Å². The summed E-state index contributed by atoms with van der Waals surface area (Å²) in [7, 11) is 1.29. The van der Waals surface area contributed by atoms with Crippen LogP contribution >= 0.6 is 0 Å². The van der Waals surface area contributed by atoms with Crippen molar-refractivity contribution in [2.75, 3.05) is 7.11 Å². The molecular formula is C25H24F2N2O3. The van der Waals surface area contributed by atoms with Crippen LogP contribution < -0.4 is 0 Å². The van der Waals surface area contributed by atoms with Crippen LogP contribution in [0.3, 0.4) is 0 Å². The van der Waals surface area contributed by atoms with Crippen molar-refractivity contribution in [3.63, 3.8) is 0 Å². The molecule has 2 aliphatic rings. The van der Waals surface area contributed by atoms with Gasteiger partial charge in [0.1, 0.15) is 6.10 Å². The molecule has 166 valence electrons. The van der Waals surface area contributed by atoms with E-state index in [4.69, 9.17) is 9.47 Å². The van der Waals surface area contributed by atoms with Crippen molar-refractivity contribution in [3.8, 4) is 17.2 Å². The van der Waals surface area contributed by atoms with Gasteiger partial charge in [-0.25, -0.2) is 13.6 Å². The van der Waals surface area contributed by atoms with Crippen LogP contribution in [0.15, 0.2) is 48.7 Å². The van der Waals surface area contributed by atoms with Crippen molar-refractivity contribution in [2.24, 2.45) is 17.8 Å². The summed E-state index contributed by atoms with van der Waals surface area (Å²) in [6, 6.07) is 13.0. The molecule has 2 fully saturated rings. The van der Waals surface area contributed by atoms with Gasteiger partial charge in [-0.05, 0) is 31.1 Å². The molecule has 7 heteroatoms. The fourth-order valence-electron chi connectivity index (χ4n) is 5.06. The van der Waals surface area contributed by atoms with E-state index >= 15 is 0 Å². The van der Waals surface area contributed by atoms with Gasteiger partial charge in [-0.3, -0.25) is 4.98 Å². The number of halogens is 2. The first-order chi connectivity index (χ1) is 15.2. The van der Waals surface area contributed by atoms with Crippen molar-refractivity contribution in [2.45, 2.75) is 37.9 Å². The van der Waals surface area contributed by atoms with E-state index in [1.165, 1.54) is 14.0 Å². The van der Waals surface area contributed by atoms with Gasteiger partial charge in [-0.2, -0.15) is 5.26 Å². The average molecular weight is 438 g/mol. The van der Waals surface area contributed by atoms with E-state index in [1.54, 1.807) is 43.5 Å². The second-order valence-corrected chi connectivity index (χ2v) is 8.52. The highest BCUT2D eigenvalue weighted by atomic mass is 19.3. The lowest BCUT2D eigenvalue weighted by atomic mass is 9.62. The third-order valence-corrected chi connectivity index (χ3v) is 6.84. The maximum atomic E-state index is 14.9. The summed E-state index contributed by atoms with van der Waals surface area (Å²) in [5.41, 5.74) is 1.05. The van der Waals surface area contributed by atoms with Crippen LogP contribution in [0.25, 0.3) is 17.2 Å². The average Bonchev–Trinajstić information content (AvgIpc) is 3.03. The lowest BCUT2D eigenvalue weighted by Gasteiger charge is -2.46. The van der Waals surface area contributed by atoms with Gasteiger partial charge in [0, 0.05) is 36.3 Å². The predicted octanol–water partition coefficient (Wildman–Crippen LogP) is 4.87. The Labute approximate surface area is 185 Å². The van der Waals surface area contributed by atoms with Crippen LogP contribution in [0, 0.1) is 29.1 Å². The van der Waals surface area contributed by atoms with Gasteiger partial charge < -0.3 is 9.47 Å².